The van der Waals surface area contributed by atoms with Crippen molar-refractivity contribution in [3.63, 3.8) is 0 Å². The minimum absolute atomic E-state index is 0.0604. The molecule has 2 atom stereocenters. The molecule has 7 heteroatoms. The lowest BCUT2D eigenvalue weighted by Gasteiger charge is -2.31. The average molecular weight is 346 g/mol. The lowest BCUT2D eigenvalue weighted by atomic mass is 10.0. The Morgan fingerprint density at radius 2 is 1.89 bits per heavy atom. The Labute approximate surface area is 128 Å². The summed E-state index contributed by atoms with van der Waals surface area (Å²) in [4.78, 5) is 0. The van der Waals surface area contributed by atoms with E-state index in [-0.39, 0.29) is 22.8 Å². The second kappa shape index (κ2) is 6.19. The van der Waals surface area contributed by atoms with E-state index in [1.54, 1.807) is 6.92 Å². The van der Waals surface area contributed by atoms with Crippen LogP contribution in [0.1, 0.15) is 31.9 Å². The lowest BCUT2D eigenvalue weighted by Crippen LogP contribution is -2.39. The van der Waals surface area contributed by atoms with Crippen LogP contribution in [-0.4, -0.2) is 23.5 Å². The van der Waals surface area contributed by atoms with Crippen LogP contribution in [0.2, 0.25) is 10.0 Å². The molecule has 0 aromatic heterocycles. The molecule has 0 heterocycles. The van der Waals surface area contributed by atoms with Crippen LogP contribution in [0.25, 0.3) is 0 Å². The zero-order valence-corrected chi connectivity index (χ0v) is 13.6. The smallest absolute Gasteiger partial charge is 0.175 e. The summed E-state index contributed by atoms with van der Waals surface area (Å²) in [5.41, 5.74) is 0.250. The molecular formula is C12H15Cl3O3S. The Morgan fingerprint density at radius 3 is 2.32 bits per heavy atom. The molecule has 1 aromatic rings. The van der Waals surface area contributed by atoms with Crippen molar-refractivity contribution in [2.24, 2.45) is 0 Å². The fourth-order valence-corrected chi connectivity index (χ4v) is 4.12. The highest BCUT2D eigenvalue weighted by atomic mass is 35.5. The maximum absolute atomic E-state index is 12.1. The van der Waals surface area contributed by atoms with Crippen molar-refractivity contribution >= 4 is 44.6 Å². The molecule has 0 aliphatic heterocycles. The Bertz CT molecular complexity index is 559. The molecule has 19 heavy (non-hydrogen) atoms. The number of aliphatic hydroxyl groups excluding tert-OH is 1. The van der Waals surface area contributed by atoms with E-state index in [0.29, 0.717) is 5.02 Å². The van der Waals surface area contributed by atoms with Crippen molar-refractivity contribution in [2.45, 2.75) is 30.6 Å². The van der Waals surface area contributed by atoms with Crippen molar-refractivity contribution in [3.05, 3.63) is 33.8 Å². The number of hydrogen-bond acceptors (Lipinski definition) is 3. The predicted molar refractivity (Wildman–Crippen MR) is 79.8 cm³/mol. The van der Waals surface area contributed by atoms with Gasteiger partial charge in [-0.25, -0.2) is 8.42 Å². The van der Waals surface area contributed by atoms with E-state index in [1.165, 1.54) is 25.1 Å². The number of halogens is 3. The van der Waals surface area contributed by atoms with E-state index < -0.39 is 20.1 Å². The standard InChI is InChI=1S/C12H15Cl3O3S/c1-3-12(15,19(17,18)4-2)11(16)9-6-5-8(13)7-10(9)14/h5-7,11,16H,3-4H2,1-2H3/t11-,12+/m1/s1. The molecule has 108 valence electrons. The molecule has 1 aromatic carbocycles. The largest absolute Gasteiger partial charge is 0.385 e. The topological polar surface area (TPSA) is 54.4 Å². The number of alkyl halides is 1. The van der Waals surface area contributed by atoms with Crippen molar-refractivity contribution < 1.29 is 13.5 Å². The first-order valence-corrected chi connectivity index (χ1v) is 8.52. The SMILES string of the molecule is CC[C@@](Cl)([C@H](O)c1ccc(Cl)cc1Cl)S(=O)(=O)CC. The molecule has 0 bridgehead atoms. The Morgan fingerprint density at radius 1 is 1.32 bits per heavy atom. The average Bonchev–Trinajstić information content (AvgIpc) is 2.36. The molecule has 1 N–H and O–H groups in total. The van der Waals surface area contributed by atoms with E-state index in [9.17, 15) is 13.5 Å². The van der Waals surface area contributed by atoms with Crippen LogP contribution >= 0.6 is 34.8 Å². The van der Waals surface area contributed by atoms with Crippen LogP contribution in [0, 0.1) is 0 Å². The second-order valence-corrected chi connectivity index (χ2v) is 8.39. The maximum Gasteiger partial charge on any atom is 0.175 e. The van der Waals surface area contributed by atoms with Crippen LogP contribution in [0.5, 0.6) is 0 Å². The maximum atomic E-state index is 12.1. The summed E-state index contributed by atoms with van der Waals surface area (Å²) in [7, 11) is -3.66. The van der Waals surface area contributed by atoms with Gasteiger partial charge in [0.15, 0.2) is 14.0 Å². The summed E-state index contributed by atoms with van der Waals surface area (Å²) in [5, 5.41) is 10.9. The highest BCUT2D eigenvalue weighted by Crippen LogP contribution is 2.42. The van der Waals surface area contributed by atoms with Gasteiger partial charge in [0.05, 0.1) is 0 Å². The fourth-order valence-electron chi connectivity index (χ4n) is 1.78. The number of benzene rings is 1. The predicted octanol–water partition coefficient (Wildman–Crippen LogP) is 3.81. The minimum atomic E-state index is -3.66. The highest BCUT2D eigenvalue weighted by molar-refractivity contribution is 7.94. The first-order valence-electron chi connectivity index (χ1n) is 5.73. The summed E-state index contributed by atoms with van der Waals surface area (Å²) < 4.78 is 22.4. The quantitative estimate of drug-likeness (QED) is 0.826. The van der Waals surface area contributed by atoms with Gasteiger partial charge in [-0.3, -0.25) is 0 Å². The van der Waals surface area contributed by atoms with Crippen molar-refractivity contribution in [1.29, 1.82) is 0 Å². The van der Waals surface area contributed by atoms with E-state index >= 15 is 0 Å². The molecule has 0 spiro atoms. The number of sulfone groups is 1. The molecule has 0 saturated carbocycles. The summed E-state index contributed by atoms with van der Waals surface area (Å²) in [5.74, 6) is -0.160. The number of aliphatic hydroxyl groups is 1. The molecular weight excluding hydrogens is 331 g/mol. The van der Waals surface area contributed by atoms with Crippen LogP contribution in [-0.2, 0) is 9.84 Å². The van der Waals surface area contributed by atoms with Crippen molar-refractivity contribution in [1.82, 2.24) is 0 Å². The zero-order chi connectivity index (χ0) is 14.8. The van der Waals surface area contributed by atoms with E-state index in [2.05, 4.69) is 0 Å². The molecule has 0 amide bonds. The number of rotatable bonds is 5. The van der Waals surface area contributed by atoms with Gasteiger partial charge in [-0.05, 0) is 18.6 Å². The third-order valence-electron chi connectivity index (χ3n) is 3.04. The zero-order valence-electron chi connectivity index (χ0n) is 10.5. The van der Waals surface area contributed by atoms with E-state index in [1.807, 2.05) is 0 Å². The first-order chi connectivity index (χ1) is 8.69. The Balaban J connectivity index is 3.34. The van der Waals surface area contributed by atoms with Crippen molar-refractivity contribution in [3.8, 4) is 0 Å². The summed E-state index contributed by atoms with van der Waals surface area (Å²) in [6, 6.07) is 4.44. The summed E-state index contributed by atoms with van der Waals surface area (Å²) in [6.45, 7) is 3.09. The van der Waals surface area contributed by atoms with Gasteiger partial charge < -0.3 is 5.11 Å². The monoisotopic (exact) mass is 344 g/mol. The van der Waals surface area contributed by atoms with Gasteiger partial charge in [0, 0.05) is 21.4 Å². The molecule has 0 unspecified atom stereocenters. The van der Waals surface area contributed by atoms with Gasteiger partial charge in [-0.2, -0.15) is 0 Å². The fraction of sp³-hybridized carbons (Fsp3) is 0.500. The molecule has 0 radical (unpaired) electrons. The molecule has 0 saturated heterocycles. The molecule has 1 rings (SSSR count). The normalized spacial score (nSPS) is 16.9. The van der Waals surface area contributed by atoms with Gasteiger partial charge in [-0.15, -0.1) is 0 Å². The highest BCUT2D eigenvalue weighted by Gasteiger charge is 2.47. The summed E-state index contributed by atoms with van der Waals surface area (Å²) in [6.07, 6.45) is -1.36. The summed E-state index contributed by atoms with van der Waals surface area (Å²) >= 11 is 17.9. The third-order valence-corrected chi connectivity index (χ3v) is 7.09. The van der Waals surface area contributed by atoms with E-state index in [0.717, 1.165) is 0 Å². The van der Waals surface area contributed by atoms with Crippen LogP contribution in [0.4, 0.5) is 0 Å². The van der Waals surface area contributed by atoms with Crippen LogP contribution in [0.3, 0.4) is 0 Å². The van der Waals surface area contributed by atoms with Crippen LogP contribution in [0.15, 0.2) is 18.2 Å². The molecule has 0 fully saturated rings. The van der Waals surface area contributed by atoms with Crippen LogP contribution < -0.4 is 0 Å². The molecule has 3 nitrogen and oxygen atoms in total. The lowest BCUT2D eigenvalue weighted by molar-refractivity contribution is 0.154. The first kappa shape index (κ1) is 17.1. The molecule has 0 aliphatic carbocycles. The minimum Gasteiger partial charge on any atom is -0.385 e. The van der Waals surface area contributed by atoms with Gasteiger partial charge >= 0.3 is 0 Å². The number of hydrogen-bond donors (Lipinski definition) is 1. The van der Waals surface area contributed by atoms with E-state index in [4.69, 9.17) is 34.8 Å². The van der Waals surface area contributed by atoms with Gasteiger partial charge in [0.1, 0.15) is 6.10 Å². The van der Waals surface area contributed by atoms with Gasteiger partial charge in [0.25, 0.3) is 0 Å². The van der Waals surface area contributed by atoms with Crippen molar-refractivity contribution in [2.75, 3.05) is 5.75 Å². The second-order valence-electron chi connectivity index (χ2n) is 4.11. The van der Waals surface area contributed by atoms with Gasteiger partial charge in [-0.1, -0.05) is 54.7 Å². The van der Waals surface area contributed by atoms with Gasteiger partial charge in [0.2, 0.25) is 0 Å². The molecule has 0 aliphatic rings. The third kappa shape index (κ3) is 3.19. The Hall–Kier alpha value is -0.000000000000000111. The Kier molecular flexibility index (Phi) is 5.55.